The summed E-state index contributed by atoms with van der Waals surface area (Å²) in [6, 6.07) is 196. The summed E-state index contributed by atoms with van der Waals surface area (Å²) >= 11 is 0. The summed E-state index contributed by atoms with van der Waals surface area (Å²) in [5.41, 5.74) is 41.9. The van der Waals surface area contributed by atoms with E-state index in [4.69, 9.17) is 0 Å². The molecule has 696 valence electrons. The molecule has 0 bridgehead atoms. The molecule has 5 heteroatoms. The van der Waals surface area contributed by atoms with Gasteiger partial charge in [-0.2, -0.15) is 0 Å². The third-order valence-electron chi connectivity index (χ3n) is 27.5. The van der Waals surface area contributed by atoms with Crippen molar-refractivity contribution in [1.82, 2.24) is 0 Å². The lowest BCUT2D eigenvalue weighted by molar-refractivity contribution is 0.660. The smallest absolute Gasteiger partial charge is 0.0465 e. The second-order valence-corrected chi connectivity index (χ2v) is 37.7. The predicted octanol–water partition coefficient (Wildman–Crippen LogP) is 39.0. The molecule has 0 saturated carbocycles. The Balaban J connectivity index is 0.000000131. The van der Waals surface area contributed by atoms with E-state index in [0.717, 1.165) is 113 Å². The van der Waals surface area contributed by atoms with Gasteiger partial charge in [-0.1, -0.05) is 446 Å². The molecule has 0 fully saturated rings. The van der Waals surface area contributed by atoms with Crippen molar-refractivity contribution in [1.29, 1.82) is 0 Å². The van der Waals surface area contributed by atoms with Crippen molar-refractivity contribution < 1.29 is 0 Å². The van der Waals surface area contributed by atoms with E-state index in [-0.39, 0.29) is 10.8 Å². The largest absolute Gasteiger partial charge is 0.311 e. The molecule has 145 heavy (non-hydrogen) atoms. The molecule has 2 aliphatic rings. The Bertz CT molecular complexity index is 7710. The van der Waals surface area contributed by atoms with Gasteiger partial charge in [0, 0.05) is 96.1 Å². The van der Waals surface area contributed by atoms with Gasteiger partial charge in [0.05, 0.1) is 0 Å². The minimum Gasteiger partial charge on any atom is -0.311 e. The zero-order chi connectivity index (χ0) is 98.1. The maximum absolute atomic E-state index is 2.40. The van der Waals surface area contributed by atoms with Crippen molar-refractivity contribution >= 4 is 134 Å². The number of hydrogen-bond donors (Lipinski definition) is 0. The van der Waals surface area contributed by atoms with Crippen molar-refractivity contribution in [2.24, 2.45) is 0 Å². The molecule has 0 N–H and O–H groups in total. The van der Waals surface area contributed by atoms with E-state index in [1.807, 2.05) is 6.07 Å². The highest BCUT2D eigenvalue weighted by atomic mass is 15.2. The molecule has 0 aliphatic heterocycles. The molecule has 0 aromatic heterocycles. The van der Waals surface area contributed by atoms with Crippen molar-refractivity contribution in [3.8, 4) is 44.5 Å². The Morgan fingerprint density at radius 1 is 0.124 bits per heavy atom. The molecule has 0 saturated heterocycles. The SMILES string of the molecule is C(=C\c1ccc(N(c2ccccc2)c2ccccc2)cc1)/c1ccc(-c2ccc(-c3ccccc3)cc2)cc1.C(=C\c1ccc(N(c2ccccc2)c2ccccc2)cc1)/c1ccc(/C=C/c2ccc(N(c3ccccc3)c3ccccc3)cc2)cc1.CC1(C)c2ccccc2-c2ccc(N(c3ccccc3)c3ccc(/C=C/c4ccc5c(c4)C(C)(C)c4cc(N(c6ccccc6)c6ccccc6)ccc4-5)cc3)cc21. The van der Waals surface area contributed by atoms with Crippen molar-refractivity contribution in [2.45, 2.75) is 38.5 Å². The van der Waals surface area contributed by atoms with Gasteiger partial charge < -0.3 is 24.5 Å². The first-order valence-corrected chi connectivity index (χ1v) is 49.9. The number of para-hydroxylation sites is 9. The summed E-state index contributed by atoms with van der Waals surface area (Å²) in [7, 11) is 0. The Labute approximate surface area is 854 Å². The van der Waals surface area contributed by atoms with E-state index in [2.05, 4.69) is 647 Å². The maximum Gasteiger partial charge on any atom is 0.0465 e. The standard InChI is InChI=1S/C56H46N2.C46H36N2.C38H29N/c1-55(2)51-23-15-14-22-47(51)49-34-31-46(37-53(49)55)58(43-20-12-7-13-21-43)44-29-26-39(27-30-44)24-25-40-28-33-48-50-35-32-45(38-54(50)56(3,4)52(48)36-40)57(41-16-8-5-9-17-41)42-18-10-6-11-19-42;1-5-13-41(14-6-1)47(42-15-7-2-8-16-42)45-33-29-39(30-34-45)27-25-37-21-23-38(24-22-37)26-28-40-31-35-46(36-32-40)48(43-17-9-3-10-18-43)44-19-11-4-12-20-44;1-4-10-32(11-5-1)34-24-26-35(27-25-34)33-22-18-30(19-23-33)16-17-31-20-28-38(29-21-31)39(36-12-6-2-7-13-36)37-14-8-3-9-15-37/h5-38H,1-4H3;1-36H;1-29H/b25-24+;27-25+,28-26+;17-16+. The van der Waals surface area contributed by atoms with Crippen LogP contribution in [0, 0.1) is 0 Å². The van der Waals surface area contributed by atoms with Gasteiger partial charge in [-0.15, -0.1) is 0 Å². The van der Waals surface area contributed by atoms with E-state index >= 15 is 0 Å². The van der Waals surface area contributed by atoms with Crippen molar-refractivity contribution in [3.63, 3.8) is 0 Å². The zero-order valence-electron chi connectivity index (χ0n) is 81.9. The molecular weight excluding hydrogens is 1750 g/mol. The highest BCUT2D eigenvalue weighted by Gasteiger charge is 2.38. The van der Waals surface area contributed by atoms with Crippen LogP contribution in [0.25, 0.3) is 93.1 Å². The molecule has 23 rings (SSSR count). The zero-order valence-corrected chi connectivity index (χ0v) is 81.9. The normalized spacial score (nSPS) is 12.3. The molecular formula is C140H111N5. The molecule has 0 amide bonds. The average molecular weight is 1860 g/mol. The van der Waals surface area contributed by atoms with E-state index in [1.54, 1.807) is 0 Å². The number of benzene rings is 21. The Morgan fingerprint density at radius 2 is 0.283 bits per heavy atom. The maximum atomic E-state index is 2.40. The van der Waals surface area contributed by atoms with Gasteiger partial charge in [-0.25, -0.2) is 0 Å². The van der Waals surface area contributed by atoms with Crippen LogP contribution in [0.2, 0.25) is 0 Å². The van der Waals surface area contributed by atoms with Gasteiger partial charge >= 0.3 is 0 Å². The van der Waals surface area contributed by atoms with E-state index in [0.29, 0.717) is 0 Å². The summed E-state index contributed by atoms with van der Waals surface area (Å²) < 4.78 is 0. The van der Waals surface area contributed by atoms with Gasteiger partial charge in [0.1, 0.15) is 0 Å². The van der Waals surface area contributed by atoms with Gasteiger partial charge in [0.15, 0.2) is 0 Å². The number of nitrogens with zero attached hydrogens (tertiary/aromatic N) is 5. The van der Waals surface area contributed by atoms with Crippen molar-refractivity contribution in [2.75, 3.05) is 24.5 Å². The highest BCUT2D eigenvalue weighted by molar-refractivity contribution is 5.91. The first-order chi connectivity index (χ1) is 71.4. The molecule has 0 heterocycles. The lowest BCUT2D eigenvalue weighted by Gasteiger charge is -2.28. The monoisotopic (exact) mass is 1860 g/mol. The molecule has 0 atom stereocenters. The fourth-order valence-electron chi connectivity index (χ4n) is 19.9. The highest BCUT2D eigenvalue weighted by Crippen LogP contribution is 2.54. The summed E-state index contributed by atoms with van der Waals surface area (Å²) in [4.78, 5) is 11.6. The quantitative estimate of drug-likeness (QED) is 0.0529. The molecule has 21 aromatic rings. The van der Waals surface area contributed by atoms with Gasteiger partial charge in [0.2, 0.25) is 0 Å². The van der Waals surface area contributed by atoms with Crippen LogP contribution >= 0.6 is 0 Å². The van der Waals surface area contributed by atoms with Crippen LogP contribution < -0.4 is 24.5 Å². The van der Waals surface area contributed by atoms with Crippen LogP contribution in [-0.4, -0.2) is 0 Å². The third-order valence-corrected chi connectivity index (χ3v) is 27.5. The third kappa shape index (κ3) is 21.1. The molecule has 21 aromatic carbocycles. The minimum absolute atomic E-state index is 0.0661. The van der Waals surface area contributed by atoms with Crippen LogP contribution in [0.1, 0.15) is 94.5 Å². The number of fused-ring (bicyclic) bond motifs is 6. The topological polar surface area (TPSA) is 16.2 Å². The first-order valence-electron chi connectivity index (χ1n) is 49.9. The fourth-order valence-corrected chi connectivity index (χ4v) is 19.9. The Hall–Kier alpha value is -18.4. The van der Waals surface area contributed by atoms with Gasteiger partial charge in [-0.05, 0) is 293 Å². The number of anilines is 15. The summed E-state index contributed by atoms with van der Waals surface area (Å²) in [6.07, 6.45) is 17.5. The van der Waals surface area contributed by atoms with Crippen LogP contribution in [0.15, 0.2) is 552 Å². The Kier molecular flexibility index (Phi) is 27.6. The van der Waals surface area contributed by atoms with Gasteiger partial charge in [-0.3, -0.25) is 0 Å². The number of rotatable bonds is 25. The summed E-state index contributed by atoms with van der Waals surface area (Å²) in [5.74, 6) is 0. The van der Waals surface area contributed by atoms with Crippen LogP contribution in [0.4, 0.5) is 85.3 Å². The lowest BCUT2D eigenvalue weighted by Crippen LogP contribution is -2.16. The van der Waals surface area contributed by atoms with E-state index in [1.165, 1.54) is 83.5 Å². The molecule has 2 aliphatic carbocycles. The predicted molar refractivity (Wildman–Crippen MR) is 620 cm³/mol. The lowest BCUT2D eigenvalue weighted by atomic mass is 9.81. The van der Waals surface area contributed by atoms with Gasteiger partial charge in [0.25, 0.3) is 0 Å². The molecule has 5 nitrogen and oxygen atoms in total. The van der Waals surface area contributed by atoms with Crippen LogP contribution in [-0.2, 0) is 10.8 Å². The minimum atomic E-state index is -0.151. The first kappa shape index (κ1) is 92.9. The summed E-state index contributed by atoms with van der Waals surface area (Å²) in [6.45, 7) is 9.42. The average Bonchev–Trinajstić information content (AvgIpc) is 1.62. The second kappa shape index (κ2) is 43.1. The van der Waals surface area contributed by atoms with Crippen molar-refractivity contribution in [3.05, 3.63) is 619 Å². The van der Waals surface area contributed by atoms with Crippen LogP contribution in [0.3, 0.4) is 0 Å². The number of hydrogen-bond acceptors (Lipinski definition) is 5. The molecule has 0 spiro atoms. The van der Waals surface area contributed by atoms with E-state index < -0.39 is 0 Å². The van der Waals surface area contributed by atoms with Crippen LogP contribution in [0.5, 0.6) is 0 Å². The summed E-state index contributed by atoms with van der Waals surface area (Å²) in [5, 5.41) is 0. The second-order valence-electron chi connectivity index (χ2n) is 37.7. The molecule has 0 unspecified atom stereocenters. The Morgan fingerprint density at radius 3 is 0.552 bits per heavy atom. The van der Waals surface area contributed by atoms with E-state index in [9.17, 15) is 0 Å². The fraction of sp³-hybridized carbons (Fsp3) is 0.0429. The molecule has 0 radical (unpaired) electrons.